The van der Waals surface area contributed by atoms with Crippen LogP contribution < -0.4 is 5.32 Å². The molecule has 2 atom stereocenters. The van der Waals surface area contributed by atoms with E-state index in [2.05, 4.69) is 41.2 Å². The molecule has 1 aromatic carbocycles. The average molecular weight is 540 g/mol. The summed E-state index contributed by atoms with van der Waals surface area (Å²) in [5.74, 6) is 1.60. The van der Waals surface area contributed by atoms with Crippen molar-refractivity contribution in [1.82, 2.24) is 15.2 Å². The number of guanidine groups is 1. The Morgan fingerprint density at radius 1 is 1.19 bits per heavy atom. The van der Waals surface area contributed by atoms with Crippen LogP contribution in [0, 0.1) is 6.92 Å². The van der Waals surface area contributed by atoms with Gasteiger partial charge in [0.15, 0.2) is 5.96 Å². The van der Waals surface area contributed by atoms with E-state index in [-0.39, 0.29) is 36.2 Å². The van der Waals surface area contributed by atoms with Gasteiger partial charge >= 0.3 is 0 Å². The smallest absolute Gasteiger partial charge is 0.226 e. The molecule has 31 heavy (non-hydrogen) atoms. The van der Waals surface area contributed by atoms with Gasteiger partial charge in [-0.25, -0.2) is 4.98 Å². The second kappa shape index (κ2) is 11.8. The van der Waals surface area contributed by atoms with E-state index in [0.717, 1.165) is 62.7 Å². The lowest BCUT2D eigenvalue weighted by molar-refractivity contribution is -0.0817. The number of benzene rings is 1. The van der Waals surface area contributed by atoms with Gasteiger partial charge in [0.2, 0.25) is 5.89 Å². The highest BCUT2D eigenvalue weighted by molar-refractivity contribution is 14.0. The van der Waals surface area contributed by atoms with Crippen LogP contribution in [0.5, 0.6) is 0 Å². The Bertz CT molecular complexity index is 834. The van der Waals surface area contributed by atoms with Crippen LogP contribution in [0.2, 0.25) is 0 Å². The summed E-state index contributed by atoms with van der Waals surface area (Å²) in [4.78, 5) is 11.8. The summed E-state index contributed by atoms with van der Waals surface area (Å²) in [6.45, 7) is 8.88. The Morgan fingerprint density at radius 2 is 2.00 bits per heavy atom. The van der Waals surface area contributed by atoms with Gasteiger partial charge < -0.3 is 24.1 Å². The summed E-state index contributed by atoms with van der Waals surface area (Å²) >= 11 is 0. The first-order valence-corrected chi connectivity index (χ1v) is 11.0. The van der Waals surface area contributed by atoms with Crippen LogP contribution in [0.4, 0.5) is 0 Å². The number of ether oxygens (including phenoxy) is 2. The fourth-order valence-corrected chi connectivity index (χ4v) is 3.94. The predicted octanol–water partition coefficient (Wildman–Crippen LogP) is 3.66. The molecule has 0 bridgehead atoms. The van der Waals surface area contributed by atoms with Gasteiger partial charge in [-0.2, -0.15) is 0 Å². The van der Waals surface area contributed by atoms with E-state index in [9.17, 15) is 0 Å². The average Bonchev–Trinajstić information content (AvgIpc) is 3.46. The van der Waals surface area contributed by atoms with E-state index in [1.807, 2.05) is 12.1 Å². The Balaban J connectivity index is 0.00000272. The maximum atomic E-state index is 5.97. The molecule has 8 heteroatoms. The zero-order valence-corrected chi connectivity index (χ0v) is 20.7. The highest BCUT2D eigenvalue weighted by Crippen LogP contribution is 2.21. The highest BCUT2D eigenvalue weighted by Gasteiger charge is 2.32. The van der Waals surface area contributed by atoms with Crippen molar-refractivity contribution in [2.75, 3.05) is 39.4 Å². The Hall–Kier alpha value is -1.65. The van der Waals surface area contributed by atoms with Gasteiger partial charge in [-0.3, -0.25) is 4.99 Å². The number of aryl methyl sites for hydroxylation is 1. The third-order valence-corrected chi connectivity index (χ3v) is 5.59. The molecule has 2 unspecified atom stereocenters. The first kappa shape index (κ1) is 24.0. The van der Waals surface area contributed by atoms with E-state index in [0.29, 0.717) is 19.0 Å². The third-order valence-electron chi connectivity index (χ3n) is 5.59. The van der Waals surface area contributed by atoms with Crippen molar-refractivity contribution < 1.29 is 13.9 Å². The molecular weight excluding hydrogens is 507 g/mol. The summed E-state index contributed by atoms with van der Waals surface area (Å²) in [6.07, 6.45) is 5.02. The number of aromatic nitrogens is 1. The Morgan fingerprint density at radius 3 is 2.74 bits per heavy atom. The number of morpholine rings is 1. The van der Waals surface area contributed by atoms with E-state index in [4.69, 9.17) is 18.9 Å². The summed E-state index contributed by atoms with van der Waals surface area (Å²) < 4.78 is 17.5. The van der Waals surface area contributed by atoms with Gasteiger partial charge in [0, 0.05) is 44.8 Å². The predicted molar refractivity (Wildman–Crippen MR) is 132 cm³/mol. The van der Waals surface area contributed by atoms with Gasteiger partial charge in [-0.05, 0) is 38.8 Å². The summed E-state index contributed by atoms with van der Waals surface area (Å²) in [5.41, 5.74) is 3.14. The lowest BCUT2D eigenvalue weighted by Gasteiger charge is -2.37. The molecule has 0 saturated carbocycles. The fourth-order valence-electron chi connectivity index (χ4n) is 3.94. The van der Waals surface area contributed by atoms with E-state index >= 15 is 0 Å². The second-order valence-electron chi connectivity index (χ2n) is 7.90. The van der Waals surface area contributed by atoms with Crippen molar-refractivity contribution in [2.24, 2.45) is 4.99 Å². The van der Waals surface area contributed by atoms with Crippen molar-refractivity contribution in [3.8, 4) is 11.5 Å². The van der Waals surface area contributed by atoms with Crippen LogP contribution in [0.25, 0.3) is 11.5 Å². The highest BCUT2D eigenvalue weighted by atomic mass is 127. The van der Waals surface area contributed by atoms with Crippen LogP contribution in [0.15, 0.2) is 39.9 Å². The molecule has 2 fully saturated rings. The lowest BCUT2D eigenvalue weighted by atomic mass is 10.1. The van der Waals surface area contributed by atoms with Crippen molar-refractivity contribution >= 4 is 29.9 Å². The van der Waals surface area contributed by atoms with Crippen molar-refractivity contribution in [3.05, 3.63) is 41.8 Å². The van der Waals surface area contributed by atoms with Crippen LogP contribution in [-0.2, 0) is 15.9 Å². The van der Waals surface area contributed by atoms with E-state index < -0.39 is 0 Å². The van der Waals surface area contributed by atoms with E-state index in [1.54, 1.807) is 6.26 Å². The largest absolute Gasteiger partial charge is 0.444 e. The monoisotopic (exact) mass is 540 g/mol. The van der Waals surface area contributed by atoms with Gasteiger partial charge in [0.25, 0.3) is 0 Å². The standard InChI is InChI=1S/C23H32N4O3.HI/c1-3-24-23(27-12-14-29-21(15-27)20-5-4-13-28-20)25-11-10-19-16-30-22(26-19)18-8-6-17(2)7-9-18;/h6-9,16,20-21H,3-5,10-15H2,1-2H3,(H,24,25);1H. The molecule has 0 radical (unpaired) electrons. The molecule has 2 aliphatic rings. The maximum Gasteiger partial charge on any atom is 0.226 e. The van der Waals surface area contributed by atoms with Crippen molar-refractivity contribution in [1.29, 1.82) is 0 Å². The SMILES string of the molecule is CCNC(=NCCc1coc(-c2ccc(C)cc2)n1)N1CCOC(C2CCCO2)C1.I. The number of nitrogens with one attached hydrogen (secondary N) is 1. The summed E-state index contributed by atoms with van der Waals surface area (Å²) in [5, 5.41) is 3.42. The molecule has 1 aromatic heterocycles. The quantitative estimate of drug-likeness (QED) is 0.343. The van der Waals surface area contributed by atoms with Crippen LogP contribution in [0.1, 0.15) is 31.0 Å². The zero-order chi connectivity index (χ0) is 20.8. The molecule has 2 saturated heterocycles. The van der Waals surface area contributed by atoms with Crippen LogP contribution in [0.3, 0.4) is 0 Å². The normalized spacial score (nSPS) is 21.7. The van der Waals surface area contributed by atoms with Gasteiger partial charge in [-0.1, -0.05) is 17.7 Å². The minimum atomic E-state index is 0. The zero-order valence-electron chi connectivity index (χ0n) is 18.4. The molecule has 1 N–H and O–H groups in total. The second-order valence-corrected chi connectivity index (χ2v) is 7.90. The Labute approximate surface area is 201 Å². The minimum absolute atomic E-state index is 0. The number of aliphatic imine (C=N–C) groups is 1. The number of hydrogen-bond donors (Lipinski definition) is 1. The maximum absolute atomic E-state index is 5.97. The number of rotatable bonds is 6. The summed E-state index contributed by atoms with van der Waals surface area (Å²) in [7, 11) is 0. The van der Waals surface area contributed by atoms with Gasteiger partial charge in [-0.15, -0.1) is 24.0 Å². The Kier molecular flexibility index (Phi) is 9.15. The molecule has 0 aliphatic carbocycles. The van der Waals surface area contributed by atoms with Crippen LogP contribution in [-0.4, -0.2) is 67.4 Å². The van der Waals surface area contributed by atoms with Crippen molar-refractivity contribution in [2.45, 2.75) is 45.3 Å². The fraction of sp³-hybridized carbons (Fsp3) is 0.565. The van der Waals surface area contributed by atoms with E-state index in [1.165, 1.54) is 5.56 Å². The number of hydrogen-bond acceptors (Lipinski definition) is 5. The molecular formula is C23H33IN4O3. The number of oxazole rings is 1. The topological polar surface area (TPSA) is 72.1 Å². The molecule has 2 aromatic rings. The molecule has 170 valence electrons. The molecule has 0 spiro atoms. The molecule has 3 heterocycles. The van der Waals surface area contributed by atoms with Crippen molar-refractivity contribution in [3.63, 3.8) is 0 Å². The molecule has 0 amide bonds. The number of nitrogens with zero attached hydrogens (tertiary/aromatic N) is 3. The molecule has 4 rings (SSSR count). The third kappa shape index (κ3) is 6.43. The first-order chi connectivity index (χ1) is 14.7. The first-order valence-electron chi connectivity index (χ1n) is 11.0. The summed E-state index contributed by atoms with van der Waals surface area (Å²) in [6, 6.07) is 8.21. The van der Waals surface area contributed by atoms with Gasteiger partial charge in [0.1, 0.15) is 12.4 Å². The number of halogens is 1. The van der Waals surface area contributed by atoms with Gasteiger partial charge in [0.05, 0.1) is 18.4 Å². The molecule has 2 aliphatic heterocycles. The molecule has 7 nitrogen and oxygen atoms in total. The minimum Gasteiger partial charge on any atom is -0.444 e. The van der Waals surface area contributed by atoms with Crippen LogP contribution >= 0.6 is 24.0 Å². The lowest BCUT2D eigenvalue weighted by Crippen LogP contribution is -2.53.